The fourth-order valence-electron chi connectivity index (χ4n) is 1.44. The molecule has 4 nitrogen and oxygen atoms in total. The second-order valence-electron chi connectivity index (χ2n) is 4.25. The first kappa shape index (κ1) is 8.97. The minimum Gasteiger partial charge on any atom is -0.388 e. The van der Waals surface area contributed by atoms with Gasteiger partial charge in [-0.05, 0) is 12.8 Å². The van der Waals surface area contributed by atoms with Crippen molar-refractivity contribution in [1.82, 2.24) is 5.32 Å². The molecule has 4 heteroatoms. The van der Waals surface area contributed by atoms with Crippen molar-refractivity contribution in [3.05, 3.63) is 0 Å². The maximum Gasteiger partial charge on any atom is 0.226 e. The normalized spacial score (nSPS) is 35.8. The summed E-state index contributed by atoms with van der Waals surface area (Å²) in [5, 5.41) is 12.2. The molecule has 2 fully saturated rings. The molecule has 1 aliphatic carbocycles. The van der Waals surface area contributed by atoms with Crippen molar-refractivity contribution in [2.75, 3.05) is 13.2 Å². The van der Waals surface area contributed by atoms with E-state index in [0.717, 1.165) is 12.8 Å². The molecule has 1 saturated heterocycles. The zero-order chi connectivity index (χ0) is 9.47. The van der Waals surface area contributed by atoms with Crippen LogP contribution < -0.4 is 5.32 Å². The third-order valence-electron chi connectivity index (χ3n) is 2.92. The summed E-state index contributed by atoms with van der Waals surface area (Å²) in [6, 6.07) is -0.204. The molecule has 0 aromatic heterocycles. The lowest BCUT2D eigenvalue weighted by Crippen LogP contribution is -2.45. The predicted octanol–water partition coefficient (Wildman–Crippen LogP) is -0.338. The summed E-state index contributed by atoms with van der Waals surface area (Å²) in [5.74, 6) is 0.0575. The Labute approximate surface area is 77.3 Å². The third kappa shape index (κ3) is 1.69. The number of rotatable bonds is 2. The number of aliphatic hydroxyl groups excluding tert-OH is 1. The van der Waals surface area contributed by atoms with Gasteiger partial charge in [0.25, 0.3) is 0 Å². The average molecular weight is 185 g/mol. The smallest absolute Gasteiger partial charge is 0.226 e. The van der Waals surface area contributed by atoms with E-state index in [1.54, 1.807) is 0 Å². The summed E-state index contributed by atoms with van der Waals surface area (Å²) >= 11 is 0. The van der Waals surface area contributed by atoms with E-state index < -0.39 is 6.10 Å². The van der Waals surface area contributed by atoms with Crippen LogP contribution in [0.2, 0.25) is 0 Å². The van der Waals surface area contributed by atoms with Crippen molar-refractivity contribution >= 4 is 5.91 Å². The topological polar surface area (TPSA) is 58.6 Å². The van der Waals surface area contributed by atoms with Crippen LogP contribution in [-0.2, 0) is 9.53 Å². The lowest BCUT2D eigenvalue weighted by Gasteiger charge is -2.17. The molecule has 2 atom stereocenters. The number of carbonyl (C=O) groups excluding carboxylic acids is 1. The monoisotopic (exact) mass is 185 g/mol. The van der Waals surface area contributed by atoms with Crippen molar-refractivity contribution in [1.29, 1.82) is 0 Å². The number of hydrogen-bond donors (Lipinski definition) is 2. The minimum absolute atomic E-state index is 0.0575. The molecule has 2 aliphatic rings. The number of amides is 1. The van der Waals surface area contributed by atoms with Gasteiger partial charge in [-0.25, -0.2) is 0 Å². The Morgan fingerprint density at radius 3 is 2.69 bits per heavy atom. The molecule has 1 saturated carbocycles. The molecular formula is C9H15NO3. The molecule has 0 spiro atoms. The Kier molecular flexibility index (Phi) is 2.04. The van der Waals surface area contributed by atoms with E-state index in [9.17, 15) is 9.90 Å². The van der Waals surface area contributed by atoms with Gasteiger partial charge in [0.1, 0.15) is 0 Å². The third-order valence-corrected chi connectivity index (χ3v) is 2.92. The number of aliphatic hydroxyl groups is 1. The van der Waals surface area contributed by atoms with E-state index >= 15 is 0 Å². The highest BCUT2D eigenvalue weighted by Gasteiger charge is 2.46. The lowest BCUT2D eigenvalue weighted by molar-refractivity contribution is -0.127. The van der Waals surface area contributed by atoms with Crippen LogP contribution in [0.4, 0.5) is 0 Å². The van der Waals surface area contributed by atoms with E-state index in [1.807, 2.05) is 6.92 Å². The SMILES string of the molecule is CC1(C(=O)N[C@@H]2COC[C@H]2O)CC1. The Balaban J connectivity index is 1.87. The van der Waals surface area contributed by atoms with Crippen LogP contribution in [0.5, 0.6) is 0 Å². The van der Waals surface area contributed by atoms with Crippen molar-refractivity contribution in [3.8, 4) is 0 Å². The highest BCUT2D eigenvalue weighted by atomic mass is 16.5. The standard InChI is InChI=1S/C9H15NO3/c1-9(2-3-9)8(12)10-6-4-13-5-7(6)11/h6-7,11H,2-5H2,1H3,(H,10,12)/t6-,7-/m1/s1. The van der Waals surface area contributed by atoms with Gasteiger partial charge < -0.3 is 15.2 Å². The summed E-state index contributed by atoms with van der Waals surface area (Å²) in [7, 11) is 0. The van der Waals surface area contributed by atoms with Crippen LogP contribution in [-0.4, -0.2) is 36.4 Å². The summed E-state index contributed by atoms with van der Waals surface area (Å²) in [4.78, 5) is 11.6. The molecule has 1 amide bonds. The van der Waals surface area contributed by atoms with Crippen LogP contribution in [0.25, 0.3) is 0 Å². The number of carbonyl (C=O) groups is 1. The van der Waals surface area contributed by atoms with Gasteiger partial charge in [0.15, 0.2) is 0 Å². The largest absolute Gasteiger partial charge is 0.388 e. The van der Waals surface area contributed by atoms with Gasteiger partial charge in [0.2, 0.25) is 5.91 Å². The quantitative estimate of drug-likeness (QED) is 0.619. The van der Waals surface area contributed by atoms with Crippen molar-refractivity contribution < 1.29 is 14.6 Å². The summed E-state index contributed by atoms with van der Waals surface area (Å²) in [6.45, 7) is 2.72. The Morgan fingerprint density at radius 2 is 2.23 bits per heavy atom. The lowest BCUT2D eigenvalue weighted by atomic mass is 10.1. The van der Waals surface area contributed by atoms with Gasteiger partial charge in [0.05, 0.1) is 25.4 Å². The Hall–Kier alpha value is -0.610. The molecule has 0 bridgehead atoms. The molecule has 1 aliphatic heterocycles. The van der Waals surface area contributed by atoms with Gasteiger partial charge in [-0.1, -0.05) is 6.92 Å². The predicted molar refractivity (Wildman–Crippen MR) is 46.1 cm³/mol. The van der Waals surface area contributed by atoms with E-state index in [1.165, 1.54) is 0 Å². The summed E-state index contributed by atoms with van der Waals surface area (Å²) in [6.07, 6.45) is 1.39. The van der Waals surface area contributed by atoms with Crippen molar-refractivity contribution in [2.45, 2.75) is 31.9 Å². The van der Waals surface area contributed by atoms with Gasteiger partial charge in [-0.2, -0.15) is 0 Å². The first-order valence-electron chi connectivity index (χ1n) is 4.69. The second-order valence-corrected chi connectivity index (χ2v) is 4.25. The number of ether oxygens (including phenoxy) is 1. The first-order valence-corrected chi connectivity index (χ1v) is 4.69. The molecule has 2 N–H and O–H groups in total. The van der Waals surface area contributed by atoms with Gasteiger partial charge in [0, 0.05) is 5.41 Å². The fourth-order valence-corrected chi connectivity index (χ4v) is 1.44. The second kappa shape index (κ2) is 2.96. The summed E-state index contributed by atoms with van der Waals surface area (Å²) in [5.41, 5.74) is -0.164. The van der Waals surface area contributed by atoms with Gasteiger partial charge in [-0.3, -0.25) is 4.79 Å². The van der Waals surface area contributed by atoms with Crippen LogP contribution in [0, 0.1) is 5.41 Å². The van der Waals surface area contributed by atoms with Gasteiger partial charge in [-0.15, -0.1) is 0 Å². The van der Waals surface area contributed by atoms with E-state index in [4.69, 9.17) is 4.74 Å². The molecule has 13 heavy (non-hydrogen) atoms. The number of hydrogen-bond acceptors (Lipinski definition) is 3. The van der Waals surface area contributed by atoms with E-state index in [2.05, 4.69) is 5.32 Å². The van der Waals surface area contributed by atoms with Crippen LogP contribution in [0.15, 0.2) is 0 Å². The van der Waals surface area contributed by atoms with E-state index in [-0.39, 0.29) is 17.4 Å². The average Bonchev–Trinajstić information content (AvgIpc) is 2.72. The Morgan fingerprint density at radius 1 is 1.54 bits per heavy atom. The van der Waals surface area contributed by atoms with E-state index in [0.29, 0.717) is 13.2 Å². The van der Waals surface area contributed by atoms with Crippen LogP contribution >= 0.6 is 0 Å². The maximum absolute atomic E-state index is 11.6. The molecular weight excluding hydrogens is 170 g/mol. The zero-order valence-corrected chi connectivity index (χ0v) is 7.75. The van der Waals surface area contributed by atoms with Crippen LogP contribution in [0.1, 0.15) is 19.8 Å². The molecule has 1 heterocycles. The van der Waals surface area contributed by atoms with Gasteiger partial charge >= 0.3 is 0 Å². The minimum atomic E-state index is -0.536. The maximum atomic E-state index is 11.6. The highest BCUT2D eigenvalue weighted by Crippen LogP contribution is 2.45. The number of nitrogens with one attached hydrogen (secondary N) is 1. The highest BCUT2D eigenvalue weighted by molar-refractivity contribution is 5.85. The molecule has 2 rings (SSSR count). The van der Waals surface area contributed by atoms with Crippen molar-refractivity contribution in [3.63, 3.8) is 0 Å². The summed E-state index contributed by atoms with van der Waals surface area (Å²) < 4.78 is 5.04. The molecule has 0 radical (unpaired) electrons. The zero-order valence-electron chi connectivity index (χ0n) is 7.75. The molecule has 0 aromatic rings. The first-order chi connectivity index (χ1) is 6.12. The van der Waals surface area contributed by atoms with Crippen LogP contribution in [0.3, 0.4) is 0 Å². The van der Waals surface area contributed by atoms with Crippen molar-refractivity contribution in [2.24, 2.45) is 5.41 Å². The molecule has 0 unspecified atom stereocenters. The fraction of sp³-hybridized carbons (Fsp3) is 0.889. The molecule has 74 valence electrons. The molecule has 0 aromatic carbocycles. The Bertz CT molecular complexity index is 225.